The largest absolute Gasteiger partial charge is 0.497 e. The fourth-order valence-corrected chi connectivity index (χ4v) is 3.34. The normalized spacial score (nSPS) is 10.7. The van der Waals surface area contributed by atoms with E-state index in [1.54, 1.807) is 43.5 Å². The lowest BCUT2D eigenvalue weighted by Crippen LogP contribution is -2.16. The molecule has 162 valence electrons. The number of methoxy groups -OCH3 is 1. The van der Waals surface area contributed by atoms with Crippen molar-refractivity contribution in [3.8, 4) is 11.5 Å². The van der Waals surface area contributed by atoms with Crippen molar-refractivity contribution in [2.24, 2.45) is 5.73 Å². The maximum Gasteiger partial charge on any atom is 0.286 e. The number of pyridine rings is 1. The van der Waals surface area contributed by atoms with Gasteiger partial charge >= 0.3 is 0 Å². The molecule has 0 bridgehead atoms. The summed E-state index contributed by atoms with van der Waals surface area (Å²) in [5, 5.41) is 4.28. The molecule has 9 heteroatoms. The highest BCUT2D eigenvalue weighted by atomic mass is 35.5. The minimum atomic E-state index is -0.732. The summed E-state index contributed by atoms with van der Waals surface area (Å²) in [6.45, 7) is 2.22. The molecule has 2 heterocycles. The molecule has 0 aliphatic rings. The number of nitrogens with two attached hydrogens (primary N) is 1. The second-order valence-corrected chi connectivity index (χ2v) is 7.38. The van der Waals surface area contributed by atoms with E-state index in [0.717, 1.165) is 11.4 Å². The van der Waals surface area contributed by atoms with Gasteiger partial charge in [-0.25, -0.2) is 9.97 Å². The van der Waals surface area contributed by atoms with Gasteiger partial charge < -0.3 is 20.5 Å². The Labute approximate surface area is 189 Å². The summed E-state index contributed by atoms with van der Waals surface area (Å²) in [5.41, 5.74) is 8.31. The predicted molar refractivity (Wildman–Crippen MR) is 123 cm³/mol. The topological polar surface area (TPSA) is 112 Å². The lowest BCUT2D eigenvalue weighted by atomic mass is 10.2. The van der Waals surface area contributed by atoms with Crippen molar-refractivity contribution < 1.29 is 14.3 Å². The molecule has 2 aromatic heterocycles. The molecule has 0 spiro atoms. The number of fused-ring (bicyclic) bond motifs is 1. The molecule has 2 aromatic carbocycles. The van der Waals surface area contributed by atoms with Gasteiger partial charge in [0.2, 0.25) is 5.82 Å². The first-order valence-corrected chi connectivity index (χ1v) is 10.1. The Bertz CT molecular complexity index is 1310. The van der Waals surface area contributed by atoms with Crippen LogP contribution in [0.15, 0.2) is 54.6 Å². The number of aromatic nitrogens is 3. The van der Waals surface area contributed by atoms with Crippen molar-refractivity contribution in [3.05, 3.63) is 76.8 Å². The van der Waals surface area contributed by atoms with E-state index in [1.807, 2.05) is 25.1 Å². The van der Waals surface area contributed by atoms with Crippen LogP contribution in [0.25, 0.3) is 10.9 Å². The van der Waals surface area contributed by atoms with Gasteiger partial charge in [0, 0.05) is 22.8 Å². The zero-order valence-corrected chi connectivity index (χ0v) is 18.2. The van der Waals surface area contributed by atoms with Crippen LogP contribution in [0.4, 0.5) is 11.5 Å². The number of primary amides is 1. The molecule has 0 saturated carbocycles. The predicted octanol–water partition coefficient (Wildman–Crippen LogP) is 4.42. The molecule has 0 atom stereocenters. The monoisotopic (exact) mass is 449 g/mol. The standard InChI is InChI=1S/C23H20ClN5O3/c1-13-4-3-5-15(26-13)12-32-20-9-6-14(10-18(20)24)27-22-17-8-7-16(31-2)11-19(17)28-23(29-22)21(25)30/h3-11H,12H2,1-2H3,(H2,25,30)(H,27,28,29). The van der Waals surface area contributed by atoms with E-state index < -0.39 is 5.91 Å². The number of aryl methyl sites for hydroxylation is 1. The number of ether oxygens (including phenoxy) is 2. The van der Waals surface area contributed by atoms with Crippen molar-refractivity contribution in [1.82, 2.24) is 15.0 Å². The van der Waals surface area contributed by atoms with Gasteiger partial charge in [-0.15, -0.1) is 0 Å². The maximum absolute atomic E-state index is 11.7. The van der Waals surface area contributed by atoms with Crippen LogP contribution in [0.3, 0.4) is 0 Å². The second kappa shape index (κ2) is 9.07. The number of nitrogens with zero attached hydrogens (tertiary/aromatic N) is 3. The lowest BCUT2D eigenvalue weighted by molar-refractivity contribution is 0.0991. The molecule has 0 aliphatic heterocycles. The first-order valence-electron chi connectivity index (χ1n) is 9.70. The molecule has 3 N–H and O–H groups in total. The Balaban J connectivity index is 1.59. The van der Waals surface area contributed by atoms with E-state index in [9.17, 15) is 4.79 Å². The summed E-state index contributed by atoms with van der Waals surface area (Å²) in [4.78, 5) is 24.6. The van der Waals surface area contributed by atoms with Gasteiger partial charge in [0.25, 0.3) is 5.91 Å². The Morgan fingerprint density at radius 2 is 1.94 bits per heavy atom. The van der Waals surface area contributed by atoms with Gasteiger partial charge in [-0.2, -0.15) is 0 Å². The number of halogens is 1. The second-order valence-electron chi connectivity index (χ2n) is 6.97. The summed E-state index contributed by atoms with van der Waals surface area (Å²) in [6, 6.07) is 16.3. The molecule has 0 unspecified atom stereocenters. The number of amides is 1. The number of hydrogen-bond donors (Lipinski definition) is 2. The molecular weight excluding hydrogens is 430 g/mol. The van der Waals surface area contributed by atoms with Gasteiger partial charge in [-0.1, -0.05) is 17.7 Å². The average molecular weight is 450 g/mol. The summed E-state index contributed by atoms with van der Waals surface area (Å²) in [6.07, 6.45) is 0. The van der Waals surface area contributed by atoms with Gasteiger partial charge in [-0.05, 0) is 49.4 Å². The Kier molecular flexibility index (Phi) is 6.04. The third-order valence-electron chi connectivity index (χ3n) is 4.64. The number of benzene rings is 2. The number of carbonyl (C=O) groups is 1. The van der Waals surface area contributed by atoms with E-state index in [4.69, 9.17) is 26.8 Å². The first-order chi connectivity index (χ1) is 15.4. The van der Waals surface area contributed by atoms with Crippen molar-refractivity contribution in [2.75, 3.05) is 12.4 Å². The molecule has 32 heavy (non-hydrogen) atoms. The minimum absolute atomic E-state index is 0.107. The average Bonchev–Trinajstić information content (AvgIpc) is 2.78. The van der Waals surface area contributed by atoms with Crippen LogP contribution in [0.2, 0.25) is 5.02 Å². The van der Waals surface area contributed by atoms with Crippen LogP contribution < -0.4 is 20.5 Å². The lowest BCUT2D eigenvalue weighted by Gasteiger charge is -2.13. The third-order valence-corrected chi connectivity index (χ3v) is 4.94. The van der Waals surface area contributed by atoms with Crippen molar-refractivity contribution >= 4 is 39.9 Å². The molecule has 8 nitrogen and oxygen atoms in total. The van der Waals surface area contributed by atoms with Crippen LogP contribution in [0.1, 0.15) is 22.0 Å². The van der Waals surface area contributed by atoms with Crippen molar-refractivity contribution in [3.63, 3.8) is 0 Å². The molecule has 0 fully saturated rings. The van der Waals surface area contributed by atoms with Gasteiger partial charge in [0.1, 0.15) is 23.9 Å². The smallest absolute Gasteiger partial charge is 0.286 e. The Morgan fingerprint density at radius 1 is 1.09 bits per heavy atom. The van der Waals surface area contributed by atoms with Crippen LogP contribution in [-0.4, -0.2) is 28.0 Å². The minimum Gasteiger partial charge on any atom is -0.497 e. The van der Waals surface area contributed by atoms with Crippen LogP contribution in [0.5, 0.6) is 11.5 Å². The SMILES string of the molecule is COc1ccc2c(Nc3ccc(OCc4cccc(C)n4)c(Cl)c3)nc(C(N)=O)nc2c1. The molecule has 1 amide bonds. The number of nitrogens with one attached hydrogen (secondary N) is 1. The van der Waals surface area contributed by atoms with E-state index in [2.05, 4.69) is 20.3 Å². The number of hydrogen-bond acceptors (Lipinski definition) is 7. The van der Waals surface area contributed by atoms with Crippen LogP contribution in [0, 0.1) is 6.92 Å². The maximum atomic E-state index is 11.7. The number of rotatable bonds is 7. The number of carbonyl (C=O) groups excluding carboxylic acids is 1. The molecule has 0 aliphatic carbocycles. The molecule has 0 radical (unpaired) electrons. The van der Waals surface area contributed by atoms with Gasteiger partial charge in [-0.3, -0.25) is 9.78 Å². The molecule has 4 rings (SSSR count). The summed E-state index contributed by atoms with van der Waals surface area (Å²) in [5.74, 6) is 0.704. The van der Waals surface area contributed by atoms with Crippen molar-refractivity contribution in [1.29, 1.82) is 0 Å². The highest BCUT2D eigenvalue weighted by molar-refractivity contribution is 6.32. The number of anilines is 2. The van der Waals surface area contributed by atoms with Crippen molar-refractivity contribution in [2.45, 2.75) is 13.5 Å². The van der Waals surface area contributed by atoms with Gasteiger partial charge in [0.05, 0.1) is 23.3 Å². The van der Waals surface area contributed by atoms with E-state index >= 15 is 0 Å². The quantitative estimate of drug-likeness (QED) is 0.429. The van der Waals surface area contributed by atoms with Crippen LogP contribution in [-0.2, 0) is 6.61 Å². The highest BCUT2D eigenvalue weighted by Crippen LogP contribution is 2.32. The Morgan fingerprint density at radius 3 is 2.66 bits per heavy atom. The van der Waals surface area contributed by atoms with E-state index in [0.29, 0.717) is 45.5 Å². The molecule has 0 saturated heterocycles. The summed E-state index contributed by atoms with van der Waals surface area (Å²) >= 11 is 6.42. The zero-order chi connectivity index (χ0) is 22.7. The van der Waals surface area contributed by atoms with Gasteiger partial charge in [0.15, 0.2) is 0 Å². The molecular formula is C23H20ClN5O3. The van der Waals surface area contributed by atoms with E-state index in [1.165, 1.54) is 0 Å². The highest BCUT2D eigenvalue weighted by Gasteiger charge is 2.13. The fraction of sp³-hybridized carbons (Fsp3) is 0.130. The summed E-state index contributed by atoms with van der Waals surface area (Å²) in [7, 11) is 1.55. The third kappa shape index (κ3) is 4.70. The molecule has 4 aromatic rings. The van der Waals surface area contributed by atoms with Crippen LogP contribution >= 0.6 is 11.6 Å². The fourth-order valence-electron chi connectivity index (χ4n) is 3.11. The zero-order valence-electron chi connectivity index (χ0n) is 17.4. The summed E-state index contributed by atoms with van der Waals surface area (Å²) < 4.78 is 11.0. The first kappa shape index (κ1) is 21.3. The van der Waals surface area contributed by atoms with E-state index in [-0.39, 0.29) is 5.82 Å². The Hall–Kier alpha value is -3.91.